The lowest BCUT2D eigenvalue weighted by atomic mass is 9.81. The summed E-state index contributed by atoms with van der Waals surface area (Å²) in [5.74, 6) is 1.37. The summed E-state index contributed by atoms with van der Waals surface area (Å²) in [5, 5.41) is 9.81. The molecule has 108 valence electrons. The van der Waals surface area contributed by atoms with Crippen LogP contribution in [0.4, 0.5) is 0 Å². The number of hydrogen-bond donors (Lipinski definition) is 1. The molecule has 1 rings (SSSR count). The average Bonchev–Trinajstić information content (AvgIpc) is 2.32. The van der Waals surface area contributed by atoms with Gasteiger partial charge < -0.3 is 14.6 Å². The van der Waals surface area contributed by atoms with Gasteiger partial charge in [-0.2, -0.15) is 0 Å². The lowest BCUT2D eigenvalue weighted by molar-refractivity contribution is 0.251. The van der Waals surface area contributed by atoms with E-state index in [2.05, 4.69) is 13.8 Å². The Morgan fingerprint density at radius 1 is 1.11 bits per heavy atom. The second-order valence-electron chi connectivity index (χ2n) is 5.00. The van der Waals surface area contributed by atoms with Crippen molar-refractivity contribution in [3.05, 3.63) is 22.7 Å². The molecular formula is C15H23ClO3. The first-order valence-electron chi connectivity index (χ1n) is 6.66. The number of benzene rings is 1. The van der Waals surface area contributed by atoms with E-state index in [0.29, 0.717) is 36.2 Å². The number of rotatable bonds is 7. The van der Waals surface area contributed by atoms with Crippen LogP contribution < -0.4 is 9.47 Å². The maximum atomic E-state index is 9.17. The molecule has 0 heterocycles. The van der Waals surface area contributed by atoms with Gasteiger partial charge in [0.15, 0.2) is 11.5 Å². The predicted molar refractivity (Wildman–Crippen MR) is 78.5 cm³/mol. The summed E-state index contributed by atoms with van der Waals surface area (Å²) >= 11 is 6.34. The maximum absolute atomic E-state index is 9.17. The molecule has 0 radical (unpaired) electrons. The molecule has 0 bridgehead atoms. The van der Waals surface area contributed by atoms with Gasteiger partial charge in [-0.05, 0) is 37.3 Å². The summed E-state index contributed by atoms with van der Waals surface area (Å²) in [6.45, 7) is 9.23. The zero-order valence-corrected chi connectivity index (χ0v) is 12.9. The molecule has 0 fully saturated rings. The Morgan fingerprint density at radius 2 is 1.63 bits per heavy atom. The molecule has 1 aromatic rings. The number of hydrogen-bond acceptors (Lipinski definition) is 3. The number of halogens is 1. The Balaban J connectivity index is 3.23. The van der Waals surface area contributed by atoms with Crippen molar-refractivity contribution in [2.45, 2.75) is 39.5 Å². The van der Waals surface area contributed by atoms with E-state index in [1.165, 1.54) is 0 Å². The van der Waals surface area contributed by atoms with E-state index in [4.69, 9.17) is 26.2 Å². The van der Waals surface area contributed by atoms with Crippen molar-refractivity contribution in [2.24, 2.45) is 0 Å². The molecule has 0 saturated carbocycles. The van der Waals surface area contributed by atoms with Crippen LogP contribution in [0.1, 0.15) is 39.7 Å². The van der Waals surface area contributed by atoms with Crippen LogP contribution >= 0.6 is 11.6 Å². The Kier molecular flexibility index (Phi) is 5.95. The van der Waals surface area contributed by atoms with Crippen LogP contribution in [-0.4, -0.2) is 24.9 Å². The Bertz CT molecular complexity index is 416. The smallest absolute Gasteiger partial charge is 0.162 e. The highest BCUT2D eigenvalue weighted by molar-refractivity contribution is 6.31. The van der Waals surface area contributed by atoms with Crippen LogP contribution in [0.15, 0.2) is 12.1 Å². The normalized spacial score (nSPS) is 11.5. The molecule has 0 amide bonds. The molecule has 0 aliphatic carbocycles. The fraction of sp³-hybridized carbons (Fsp3) is 0.600. The van der Waals surface area contributed by atoms with Crippen LogP contribution in [-0.2, 0) is 5.41 Å². The number of ether oxygens (including phenoxy) is 2. The molecule has 0 saturated heterocycles. The van der Waals surface area contributed by atoms with Crippen molar-refractivity contribution >= 4 is 11.6 Å². The fourth-order valence-corrected chi connectivity index (χ4v) is 2.41. The molecular weight excluding hydrogens is 264 g/mol. The monoisotopic (exact) mass is 286 g/mol. The summed E-state index contributed by atoms with van der Waals surface area (Å²) in [5.41, 5.74) is 0.762. The summed E-state index contributed by atoms with van der Waals surface area (Å²) in [4.78, 5) is 0. The van der Waals surface area contributed by atoms with Gasteiger partial charge in [0, 0.05) is 17.7 Å². The van der Waals surface area contributed by atoms with E-state index < -0.39 is 0 Å². The zero-order valence-electron chi connectivity index (χ0n) is 12.1. The minimum Gasteiger partial charge on any atom is -0.490 e. The topological polar surface area (TPSA) is 38.7 Å². The van der Waals surface area contributed by atoms with E-state index in [0.717, 1.165) is 5.56 Å². The molecule has 0 spiro atoms. The SMILES string of the molecule is CCOc1cc(Cl)c(C(C)(C)CCO)cc1OCC. The highest BCUT2D eigenvalue weighted by Gasteiger charge is 2.25. The van der Waals surface area contributed by atoms with Gasteiger partial charge in [-0.25, -0.2) is 0 Å². The second kappa shape index (κ2) is 7.01. The Hall–Kier alpha value is -0.930. The second-order valence-corrected chi connectivity index (χ2v) is 5.41. The lowest BCUT2D eigenvalue weighted by Crippen LogP contribution is -2.19. The van der Waals surface area contributed by atoms with Gasteiger partial charge in [-0.15, -0.1) is 0 Å². The van der Waals surface area contributed by atoms with Crippen molar-refractivity contribution in [1.29, 1.82) is 0 Å². The van der Waals surface area contributed by atoms with Gasteiger partial charge in [0.1, 0.15) is 0 Å². The van der Waals surface area contributed by atoms with E-state index in [1.54, 1.807) is 6.07 Å². The van der Waals surface area contributed by atoms with Gasteiger partial charge in [-0.1, -0.05) is 25.4 Å². The van der Waals surface area contributed by atoms with E-state index in [1.807, 2.05) is 19.9 Å². The highest BCUT2D eigenvalue weighted by Crippen LogP contribution is 2.40. The zero-order chi connectivity index (χ0) is 14.5. The van der Waals surface area contributed by atoms with E-state index >= 15 is 0 Å². The first-order valence-corrected chi connectivity index (χ1v) is 7.04. The van der Waals surface area contributed by atoms with Crippen LogP contribution in [0.3, 0.4) is 0 Å². The van der Waals surface area contributed by atoms with Crippen LogP contribution in [0.5, 0.6) is 11.5 Å². The third-order valence-corrected chi connectivity index (χ3v) is 3.41. The van der Waals surface area contributed by atoms with Crippen molar-refractivity contribution in [1.82, 2.24) is 0 Å². The van der Waals surface area contributed by atoms with Crippen molar-refractivity contribution in [3.63, 3.8) is 0 Å². The first kappa shape index (κ1) is 16.1. The van der Waals surface area contributed by atoms with Crippen LogP contribution in [0.25, 0.3) is 0 Å². The van der Waals surface area contributed by atoms with Gasteiger partial charge in [-0.3, -0.25) is 0 Å². The minimum atomic E-state index is -0.206. The number of aliphatic hydroxyl groups is 1. The summed E-state index contributed by atoms with van der Waals surface area (Å²) in [7, 11) is 0. The van der Waals surface area contributed by atoms with Crippen molar-refractivity contribution in [3.8, 4) is 11.5 Å². The molecule has 3 nitrogen and oxygen atoms in total. The van der Waals surface area contributed by atoms with E-state index in [9.17, 15) is 0 Å². The predicted octanol–water partition coefficient (Wildman–Crippen LogP) is 3.80. The van der Waals surface area contributed by atoms with Crippen LogP contribution in [0, 0.1) is 0 Å². The molecule has 0 aliphatic heterocycles. The van der Waals surface area contributed by atoms with Crippen molar-refractivity contribution < 1.29 is 14.6 Å². The standard InChI is InChI=1S/C15H23ClO3/c1-5-18-13-9-11(15(3,4)7-8-17)12(16)10-14(13)19-6-2/h9-10,17H,5-8H2,1-4H3. The van der Waals surface area contributed by atoms with Crippen molar-refractivity contribution in [2.75, 3.05) is 19.8 Å². The molecule has 0 atom stereocenters. The van der Waals surface area contributed by atoms with E-state index in [-0.39, 0.29) is 12.0 Å². The number of aliphatic hydroxyl groups excluding tert-OH is 1. The summed E-state index contributed by atoms with van der Waals surface area (Å²) < 4.78 is 11.2. The minimum absolute atomic E-state index is 0.126. The molecule has 0 aliphatic rings. The largest absolute Gasteiger partial charge is 0.490 e. The summed E-state index contributed by atoms with van der Waals surface area (Å²) in [6, 6.07) is 3.72. The average molecular weight is 287 g/mol. The summed E-state index contributed by atoms with van der Waals surface area (Å²) in [6.07, 6.45) is 0.645. The molecule has 1 aromatic carbocycles. The van der Waals surface area contributed by atoms with Gasteiger partial charge in [0.05, 0.1) is 13.2 Å². The van der Waals surface area contributed by atoms with Crippen LogP contribution in [0.2, 0.25) is 5.02 Å². The third kappa shape index (κ3) is 4.02. The Morgan fingerprint density at radius 3 is 2.11 bits per heavy atom. The highest BCUT2D eigenvalue weighted by atomic mass is 35.5. The quantitative estimate of drug-likeness (QED) is 0.829. The van der Waals surface area contributed by atoms with Gasteiger partial charge in [0.25, 0.3) is 0 Å². The Labute approximate surface area is 120 Å². The molecule has 0 aromatic heterocycles. The third-order valence-electron chi connectivity index (χ3n) is 3.10. The molecule has 1 N–H and O–H groups in total. The fourth-order valence-electron chi connectivity index (χ4n) is 2.00. The van der Waals surface area contributed by atoms with Gasteiger partial charge in [0.2, 0.25) is 0 Å². The van der Waals surface area contributed by atoms with Gasteiger partial charge >= 0.3 is 0 Å². The molecule has 19 heavy (non-hydrogen) atoms. The lowest BCUT2D eigenvalue weighted by Gasteiger charge is -2.26. The molecule has 0 unspecified atom stereocenters. The molecule has 4 heteroatoms. The first-order chi connectivity index (χ1) is 8.96. The maximum Gasteiger partial charge on any atom is 0.162 e.